The molecule has 0 spiro atoms. The van der Waals surface area contributed by atoms with Gasteiger partial charge < -0.3 is 19.6 Å². The minimum absolute atomic E-state index is 0.00717. The molecule has 1 N–H and O–H groups in total. The van der Waals surface area contributed by atoms with Crippen LogP contribution in [0.1, 0.15) is 49.7 Å². The van der Waals surface area contributed by atoms with Crippen LogP contribution in [0.25, 0.3) is 43.9 Å². The highest BCUT2D eigenvalue weighted by Gasteiger charge is 2.35. The van der Waals surface area contributed by atoms with Crippen LogP contribution in [0.2, 0.25) is 0 Å². The molecule has 0 saturated carbocycles. The van der Waals surface area contributed by atoms with Crippen LogP contribution in [-0.2, 0) is 22.6 Å². The number of carbonyl (C=O) groups is 2. The number of likely N-dealkylation sites (N-methyl/N-ethyl adjacent to an activating group) is 2. The number of ether oxygens (including phenoxy) is 1. The largest absolute Gasteiger partial charge is 0.490 e. The van der Waals surface area contributed by atoms with Crippen LogP contribution in [-0.4, -0.2) is 92.8 Å². The third-order valence-electron chi connectivity index (χ3n) is 10.2. The minimum Gasteiger partial charge on any atom is -0.490 e. The van der Waals surface area contributed by atoms with E-state index in [-0.39, 0.29) is 47.9 Å². The van der Waals surface area contributed by atoms with Gasteiger partial charge in [-0.25, -0.2) is 13.8 Å². The molecule has 2 aromatic carbocycles. The number of thiophene rings is 1. The van der Waals surface area contributed by atoms with Gasteiger partial charge in [-0.2, -0.15) is 5.10 Å². The lowest BCUT2D eigenvalue weighted by Gasteiger charge is -2.36. The maximum atomic E-state index is 16.3. The molecule has 0 fully saturated rings. The van der Waals surface area contributed by atoms with Crippen molar-refractivity contribution in [2.24, 2.45) is 0 Å². The number of aliphatic hydroxyl groups is 1. The Morgan fingerprint density at radius 3 is 2.60 bits per heavy atom. The van der Waals surface area contributed by atoms with Crippen LogP contribution in [0.5, 0.6) is 5.75 Å². The molecule has 2 aliphatic heterocycles. The number of benzene rings is 2. The molecule has 0 unspecified atom stereocenters. The second-order valence-corrected chi connectivity index (χ2v) is 15.2. The van der Waals surface area contributed by atoms with Gasteiger partial charge in [0.25, 0.3) is 0 Å². The lowest BCUT2D eigenvalue weighted by Crippen LogP contribution is -2.48. The Labute approximate surface area is 310 Å². The van der Waals surface area contributed by atoms with E-state index in [1.165, 1.54) is 24.3 Å². The van der Waals surface area contributed by atoms with Crippen molar-refractivity contribution in [1.82, 2.24) is 29.5 Å². The quantitative estimate of drug-likeness (QED) is 0.178. The lowest BCUT2D eigenvalue weighted by atomic mass is 9.90. The molecule has 0 radical (unpaired) electrons. The van der Waals surface area contributed by atoms with Crippen LogP contribution < -0.4 is 4.74 Å². The molecule has 10 nitrogen and oxygen atoms in total. The predicted molar refractivity (Wildman–Crippen MR) is 201 cm³/mol. The molecule has 13 heteroatoms. The van der Waals surface area contributed by atoms with Gasteiger partial charge in [-0.05, 0) is 75.0 Å². The summed E-state index contributed by atoms with van der Waals surface area (Å²) in [5.74, 6) is -1.87. The van der Waals surface area contributed by atoms with E-state index in [0.29, 0.717) is 46.9 Å². The number of nitrogens with zero attached hydrogens (tertiary/aromatic N) is 6. The standard InChI is InChI=1S/C40H42F2N6O4S/c1-8-34(50)47-18-21(2)48-31(23(47)4)17-30(44-48)38-36(35-29(42)15-27(41)16-33(35)52-20-22(3)49)39-28(11-12-53-39)37(43-38)25-10-9-24-14-32(40(51)45(5)6)46(7)19-26(24)13-25/h8-13,15-17,21-23,32,49H,1,14,18-20H2,2-7H3/t21-,22+,23+,32+/m0/s1. The van der Waals surface area contributed by atoms with E-state index in [4.69, 9.17) is 14.8 Å². The van der Waals surface area contributed by atoms with E-state index < -0.39 is 17.7 Å². The van der Waals surface area contributed by atoms with Gasteiger partial charge in [0.05, 0.1) is 41.2 Å². The van der Waals surface area contributed by atoms with Crippen molar-refractivity contribution in [1.29, 1.82) is 0 Å². The van der Waals surface area contributed by atoms with Crippen molar-refractivity contribution < 1.29 is 28.2 Å². The van der Waals surface area contributed by atoms with Crippen LogP contribution in [0.15, 0.2) is 60.5 Å². The summed E-state index contributed by atoms with van der Waals surface area (Å²) < 4.78 is 39.5. The molecule has 5 heterocycles. The van der Waals surface area contributed by atoms with Gasteiger partial charge in [-0.1, -0.05) is 18.7 Å². The highest BCUT2D eigenvalue weighted by atomic mass is 32.1. The Morgan fingerprint density at radius 1 is 1.11 bits per heavy atom. The number of amides is 2. The molecule has 53 heavy (non-hydrogen) atoms. The minimum atomic E-state index is -0.890. The lowest BCUT2D eigenvalue weighted by molar-refractivity contribution is -0.134. The molecule has 2 aliphatic rings. The topological polar surface area (TPSA) is 104 Å². The third kappa shape index (κ3) is 6.51. The van der Waals surface area contributed by atoms with Crippen molar-refractivity contribution in [2.75, 3.05) is 34.3 Å². The van der Waals surface area contributed by atoms with Crippen LogP contribution in [0.3, 0.4) is 0 Å². The molecule has 0 saturated heterocycles. The number of halogens is 2. The number of aromatic nitrogens is 3. The number of fused-ring (bicyclic) bond motifs is 3. The SMILES string of the molecule is C=CC(=O)N1C[C@H](C)n2nc(-c3nc(-c4ccc5c(c4)CN(C)[C@@H](C(=O)N(C)C)C5)c4ccsc4c3-c3c(F)cc(F)cc3OC[C@@H](C)O)cc2[C@H]1C. The third-order valence-corrected chi connectivity index (χ3v) is 11.1. The number of rotatable bonds is 8. The summed E-state index contributed by atoms with van der Waals surface area (Å²) in [4.78, 5) is 36.5. The summed E-state index contributed by atoms with van der Waals surface area (Å²) in [6.45, 7) is 9.91. The normalized spacial score (nSPS) is 19.1. The van der Waals surface area contributed by atoms with Gasteiger partial charge in [0.15, 0.2) is 0 Å². The zero-order chi connectivity index (χ0) is 37.9. The molecule has 2 amide bonds. The molecule has 3 aromatic heterocycles. The summed E-state index contributed by atoms with van der Waals surface area (Å²) in [7, 11) is 5.48. The van der Waals surface area contributed by atoms with E-state index in [1.54, 1.807) is 23.9 Å². The molecular formula is C40H42F2N6O4S. The fourth-order valence-corrected chi connectivity index (χ4v) is 8.43. The number of hydrogen-bond donors (Lipinski definition) is 1. The Balaban J connectivity index is 1.46. The number of hydrogen-bond acceptors (Lipinski definition) is 8. The van der Waals surface area contributed by atoms with E-state index >= 15 is 4.39 Å². The average molecular weight is 741 g/mol. The maximum absolute atomic E-state index is 16.3. The number of pyridine rings is 1. The number of aliphatic hydroxyl groups excluding tert-OH is 1. The first-order valence-corrected chi connectivity index (χ1v) is 18.4. The van der Waals surface area contributed by atoms with Crippen molar-refractivity contribution in [3.63, 3.8) is 0 Å². The van der Waals surface area contributed by atoms with Crippen molar-refractivity contribution in [3.8, 4) is 39.5 Å². The average Bonchev–Trinajstić information content (AvgIpc) is 3.80. The van der Waals surface area contributed by atoms with E-state index in [2.05, 4.69) is 17.5 Å². The second kappa shape index (κ2) is 14.1. The number of carbonyl (C=O) groups excluding carboxylic acids is 2. The van der Waals surface area contributed by atoms with E-state index in [0.717, 1.165) is 39.9 Å². The summed E-state index contributed by atoms with van der Waals surface area (Å²) >= 11 is 1.40. The van der Waals surface area contributed by atoms with Crippen molar-refractivity contribution in [3.05, 3.63) is 89.0 Å². The maximum Gasteiger partial charge on any atom is 0.246 e. The van der Waals surface area contributed by atoms with E-state index in [1.807, 2.05) is 55.2 Å². The summed E-state index contributed by atoms with van der Waals surface area (Å²) in [5.41, 5.74) is 5.63. The van der Waals surface area contributed by atoms with Gasteiger partial charge in [0, 0.05) is 60.5 Å². The first-order valence-electron chi connectivity index (χ1n) is 17.5. The smallest absolute Gasteiger partial charge is 0.246 e. The molecule has 5 aromatic rings. The highest BCUT2D eigenvalue weighted by Crippen LogP contribution is 2.48. The monoisotopic (exact) mass is 740 g/mol. The molecule has 276 valence electrons. The highest BCUT2D eigenvalue weighted by molar-refractivity contribution is 7.18. The molecule has 7 rings (SSSR count). The Kier molecular flexibility index (Phi) is 9.68. The Morgan fingerprint density at radius 2 is 1.89 bits per heavy atom. The Bertz CT molecular complexity index is 2270. The van der Waals surface area contributed by atoms with Crippen molar-refractivity contribution >= 4 is 33.2 Å². The second-order valence-electron chi connectivity index (χ2n) is 14.2. The van der Waals surface area contributed by atoms with Crippen LogP contribution >= 0.6 is 11.3 Å². The predicted octanol–water partition coefficient (Wildman–Crippen LogP) is 6.63. The van der Waals surface area contributed by atoms with E-state index in [9.17, 15) is 19.1 Å². The zero-order valence-corrected chi connectivity index (χ0v) is 31.4. The Hall–Kier alpha value is -4.98. The molecule has 0 aliphatic carbocycles. The van der Waals surface area contributed by atoms with Crippen molar-refractivity contribution in [2.45, 2.75) is 58.0 Å². The van der Waals surface area contributed by atoms with Crippen LogP contribution in [0, 0.1) is 11.6 Å². The molecule has 0 bridgehead atoms. The zero-order valence-electron chi connectivity index (χ0n) is 30.6. The van der Waals surface area contributed by atoms with Gasteiger partial charge in [0.1, 0.15) is 35.4 Å². The summed E-state index contributed by atoms with van der Waals surface area (Å²) in [6, 6.07) is 11.1. The summed E-state index contributed by atoms with van der Waals surface area (Å²) in [5, 5.41) is 17.7. The molecule has 4 atom stereocenters. The molecular weight excluding hydrogens is 699 g/mol. The first kappa shape index (κ1) is 36.4. The van der Waals surface area contributed by atoms with Gasteiger partial charge in [0.2, 0.25) is 11.8 Å². The first-order chi connectivity index (χ1) is 25.3. The van der Waals surface area contributed by atoms with Gasteiger partial charge in [-0.15, -0.1) is 11.3 Å². The van der Waals surface area contributed by atoms with Gasteiger partial charge in [-0.3, -0.25) is 19.2 Å². The fraction of sp³-hybridized carbons (Fsp3) is 0.350. The van der Waals surface area contributed by atoms with Gasteiger partial charge >= 0.3 is 0 Å². The van der Waals surface area contributed by atoms with Crippen LogP contribution in [0.4, 0.5) is 8.78 Å². The summed E-state index contributed by atoms with van der Waals surface area (Å²) in [6.07, 6.45) is 0.991. The fourth-order valence-electron chi connectivity index (χ4n) is 7.48.